The molecule has 1 aliphatic heterocycles. The number of rotatable bonds is 12. The minimum absolute atomic E-state index is 0. The number of aliphatic hydroxyl groups excluding tert-OH is 2. The summed E-state index contributed by atoms with van der Waals surface area (Å²) in [5.41, 5.74) is 5.12. The second-order valence-corrected chi connectivity index (χ2v) is 13.1. The molecule has 0 saturated carbocycles. The zero-order chi connectivity index (χ0) is 31.0. The number of nitrogens with zero attached hydrogens (tertiary/aromatic N) is 5. The Hall–Kier alpha value is -0.740. The van der Waals surface area contributed by atoms with E-state index >= 15 is 0 Å². The summed E-state index contributed by atoms with van der Waals surface area (Å²) >= 11 is 0. The van der Waals surface area contributed by atoms with Gasteiger partial charge in [-0.25, -0.2) is 28.1 Å². The summed E-state index contributed by atoms with van der Waals surface area (Å²) in [4.78, 5) is 46.7. The van der Waals surface area contributed by atoms with Crippen molar-refractivity contribution in [3.8, 4) is 0 Å². The van der Waals surface area contributed by atoms with Crippen LogP contribution in [0.1, 0.15) is 24.8 Å². The summed E-state index contributed by atoms with van der Waals surface area (Å²) < 4.78 is 66.1. The molecule has 230 valence electrons. The van der Waals surface area contributed by atoms with Crippen LogP contribution >= 0.6 is 23.5 Å². The maximum atomic E-state index is 12.9. The number of aromatic nitrogens is 4. The topological polar surface area (TPSA) is 306 Å². The molecular formula is C18H21N6Na2O15P3. The third-order valence-electron chi connectivity index (χ3n) is 5.57. The van der Waals surface area contributed by atoms with Crippen LogP contribution in [-0.4, -0.2) is 60.3 Å². The van der Waals surface area contributed by atoms with Crippen LogP contribution in [0.4, 0.5) is 11.5 Å². The van der Waals surface area contributed by atoms with Crippen molar-refractivity contribution in [3.63, 3.8) is 0 Å². The van der Waals surface area contributed by atoms with E-state index in [1.807, 2.05) is 0 Å². The summed E-state index contributed by atoms with van der Waals surface area (Å²) in [6, 6.07) is 4.86. The van der Waals surface area contributed by atoms with E-state index < -0.39 is 64.9 Å². The van der Waals surface area contributed by atoms with E-state index in [1.54, 1.807) is 0 Å². The number of nitro groups is 1. The van der Waals surface area contributed by atoms with Crippen molar-refractivity contribution < 1.29 is 125 Å². The smallest absolute Gasteiger partial charge is 0.756 e. The summed E-state index contributed by atoms with van der Waals surface area (Å²) in [6.45, 7) is 1.06. The van der Waals surface area contributed by atoms with Crippen LogP contribution in [0.2, 0.25) is 0 Å². The predicted octanol–water partition coefficient (Wildman–Crippen LogP) is -5.58. The third-order valence-corrected chi connectivity index (χ3v) is 10.3. The molecule has 4 unspecified atom stereocenters. The van der Waals surface area contributed by atoms with Crippen LogP contribution in [0.25, 0.3) is 11.2 Å². The molecule has 0 aliphatic carbocycles. The SMILES string of the molecule is COP(=O)(O[C@H]1O[C@@H](n2cnc3c(N)ncnc32)[C@H](O)[C@@H]1O)OP(=O)([O-])OP(=O)([O-])OC(C)c1ccccc1[N+](=O)[O-].[Na+].[Na+]. The average molecular weight is 700 g/mol. The number of fused-ring (bicyclic) bond motifs is 1. The minimum atomic E-state index is -6.17. The van der Waals surface area contributed by atoms with E-state index in [0.717, 1.165) is 36.3 Å². The number of anilines is 1. The first kappa shape index (κ1) is 39.4. The van der Waals surface area contributed by atoms with Gasteiger partial charge in [-0.3, -0.25) is 32.9 Å². The van der Waals surface area contributed by atoms with E-state index in [9.17, 15) is 43.8 Å². The maximum absolute atomic E-state index is 12.9. The Labute approximate surface area is 291 Å². The number of hydrogen-bond donors (Lipinski definition) is 3. The number of para-hydroxylation sites is 1. The van der Waals surface area contributed by atoms with E-state index in [2.05, 4.69) is 32.6 Å². The molecule has 0 amide bonds. The molecule has 4 rings (SSSR count). The van der Waals surface area contributed by atoms with Crippen molar-refractivity contribution in [3.05, 3.63) is 52.6 Å². The monoisotopic (exact) mass is 700 g/mol. The Morgan fingerprint density at radius 2 is 1.73 bits per heavy atom. The molecule has 0 radical (unpaired) electrons. The van der Waals surface area contributed by atoms with Crippen molar-refractivity contribution in [2.45, 2.75) is 37.8 Å². The zero-order valence-electron chi connectivity index (χ0n) is 23.2. The standard InChI is InChI=1S/C18H23N6O15P3.2Na/c1-9(10-5-3-4-6-11(10)24(27)28)36-40(29,30)38-41(31,32)39-42(33,34-2)37-18-14(26)13(25)17(35-18)23-8-22-12-15(19)20-7-21-16(12)23;;/h3-9,13-14,17-18,25-26H,1-2H3,(H,29,30)(H,31,32)(H2,19,20,21);;/q;2*+1/p-2/t9?,13-,14+,17-,18-,42?;;/m1../s1. The number of imidazole rings is 1. The van der Waals surface area contributed by atoms with Gasteiger partial charge in [0, 0.05) is 13.2 Å². The number of nitro benzene ring substituents is 1. The van der Waals surface area contributed by atoms with Gasteiger partial charge in [0.05, 0.1) is 22.9 Å². The molecule has 3 heterocycles. The first-order chi connectivity index (χ1) is 19.6. The van der Waals surface area contributed by atoms with Crippen LogP contribution in [0, 0.1) is 10.1 Å². The molecular weight excluding hydrogens is 679 g/mol. The molecule has 0 spiro atoms. The summed E-state index contributed by atoms with van der Waals surface area (Å²) in [6.07, 6.45) is -6.78. The molecule has 1 fully saturated rings. The van der Waals surface area contributed by atoms with Gasteiger partial charge in [-0.2, -0.15) is 0 Å². The fourth-order valence-corrected chi connectivity index (χ4v) is 7.69. The number of aliphatic hydroxyl groups is 2. The van der Waals surface area contributed by atoms with Gasteiger partial charge in [-0.15, -0.1) is 0 Å². The number of phosphoric ester groups is 2. The summed E-state index contributed by atoms with van der Waals surface area (Å²) in [5.74, 6) is -0.0147. The van der Waals surface area contributed by atoms with E-state index in [4.69, 9.17) is 15.0 Å². The van der Waals surface area contributed by atoms with Crippen molar-refractivity contribution in [1.82, 2.24) is 19.5 Å². The predicted molar refractivity (Wildman–Crippen MR) is 131 cm³/mol. The Kier molecular flexibility index (Phi) is 13.8. The molecule has 0 bridgehead atoms. The van der Waals surface area contributed by atoms with Crippen LogP contribution in [0.15, 0.2) is 36.9 Å². The van der Waals surface area contributed by atoms with Gasteiger partial charge < -0.3 is 35.0 Å². The first-order valence-electron chi connectivity index (χ1n) is 11.3. The molecule has 1 aliphatic rings. The number of nitrogens with two attached hydrogens (primary N) is 1. The summed E-state index contributed by atoms with van der Waals surface area (Å²) in [7, 11) is -16.8. The second-order valence-electron chi connectivity index (χ2n) is 8.32. The van der Waals surface area contributed by atoms with Gasteiger partial charge in [0.15, 0.2) is 24.0 Å². The van der Waals surface area contributed by atoms with E-state index in [0.29, 0.717) is 7.11 Å². The Morgan fingerprint density at radius 3 is 2.36 bits per heavy atom. The van der Waals surface area contributed by atoms with Crippen molar-refractivity contribution in [1.29, 1.82) is 0 Å². The number of nitrogen functional groups attached to an aromatic ring is 1. The van der Waals surface area contributed by atoms with Crippen LogP contribution in [-0.2, 0) is 40.6 Å². The number of benzene rings is 1. The van der Waals surface area contributed by atoms with Crippen molar-refractivity contribution in [2.24, 2.45) is 0 Å². The molecule has 4 N–H and O–H groups in total. The number of hydrogen-bond acceptors (Lipinski definition) is 19. The molecule has 1 saturated heterocycles. The first-order valence-corrected chi connectivity index (χ1v) is 15.7. The van der Waals surface area contributed by atoms with Gasteiger partial charge in [-0.05, 0) is 13.0 Å². The molecule has 26 heteroatoms. The van der Waals surface area contributed by atoms with Crippen molar-refractivity contribution in [2.75, 3.05) is 12.8 Å². The third kappa shape index (κ3) is 8.99. The largest absolute Gasteiger partial charge is 1.00 e. The van der Waals surface area contributed by atoms with Gasteiger partial charge in [-0.1, -0.05) is 12.1 Å². The van der Waals surface area contributed by atoms with Gasteiger partial charge in [0.25, 0.3) is 21.3 Å². The molecule has 3 aromatic rings. The number of phosphoric acid groups is 3. The quantitative estimate of drug-likeness (QED) is 0.0686. The van der Waals surface area contributed by atoms with Crippen LogP contribution in [0.5, 0.6) is 0 Å². The van der Waals surface area contributed by atoms with Crippen molar-refractivity contribution >= 4 is 46.1 Å². The van der Waals surface area contributed by atoms with Gasteiger partial charge in [0.2, 0.25) is 0 Å². The Bertz CT molecular complexity index is 1630. The fraction of sp³-hybridized carbons (Fsp3) is 0.389. The molecule has 44 heavy (non-hydrogen) atoms. The number of ether oxygens (including phenoxy) is 1. The maximum Gasteiger partial charge on any atom is 1.00 e. The van der Waals surface area contributed by atoms with E-state index in [1.165, 1.54) is 12.1 Å². The minimum Gasteiger partial charge on any atom is -0.756 e. The Balaban J connectivity index is 0.00000337. The van der Waals surface area contributed by atoms with E-state index in [-0.39, 0.29) is 81.7 Å². The molecule has 2 aromatic heterocycles. The normalized spacial score (nSPS) is 24.7. The van der Waals surface area contributed by atoms with Gasteiger partial charge >= 0.3 is 66.9 Å². The molecule has 8 atom stereocenters. The molecule has 1 aromatic carbocycles. The summed E-state index contributed by atoms with van der Waals surface area (Å²) in [5, 5.41) is 32.1. The van der Waals surface area contributed by atoms with Crippen LogP contribution < -0.4 is 74.6 Å². The molecule has 21 nitrogen and oxygen atoms in total. The average Bonchev–Trinajstić information content (AvgIpc) is 3.44. The van der Waals surface area contributed by atoms with Gasteiger partial charge in [0.1, 0.15) is 24.1 Å². The van der Waals surface area contributed by atoms with Crippen LogP contribution in [0.3, 0.4) is 0 Å². The fourth-order valence-electron chi connectivity index (χ4n) is 3.75. The second kappa shape index (κ2) is 15.4. The zero-order valence-corrected chi connectivity index (χ0v) is 29.9. The Morgan fingerprint density at radius 1 is 1.07 bits per heavy atom.